The second kappa shape index (κ2) is 5.48. The Morgan fingerprint density at radius 3 is 2.70 bits per heavy atom. The Labute approximate surface area is 127 Å². The summed E-state index contributed by atoms with van der Waals surface area (Å²) in [5, 5.41) is 0. The lowest BCUT2D eigenvalue weighted by molar-refractivity contribution is 0.691. The van der Waals surface area contributed by atoms with Gasteiger partial charge in [-0.15, -0.1) is 0 Å². The number of rotatable bonds is 2. The molecular formula is C15H17BrN4. The summed E-state index contributed by atoms with van der Waals surface area (Å²) in [4.78, 5) is 13.4. The van der Waals surface area contributed by atoms with Crippen LogP contribution < -0.4 is 5.73 Å². The molecule has 1 aliphatic carbocycles. The molecule has 3 rings (SSSR count). The number of nitrogen functional groups attached to an aromatic ring is 1. The highest BCUT2D eigenvalue weighted by Crippen LogP contribution is 2.39. The van der Waals surface area contributed by atoms with Crippen LogP contribution in [0, 0.1) is 6.92 Å². The minimum absolute atomic E-state index is 0.491. The molecule has 0 atom stereocenters. The summed E-state index contributed by atoms with van der Waals surface area (Å²) >= 11 is 3.55. The van der Waals surface area contributed by atoms with Crippen LogP contribution in [0.3, 0.4) is 0 Å². The van der Waals surface area contributed by atoms with Crippen LogP contribution >= 0.6 is 15.9 Å². The van der Waals surface area contributed by atoms with Crippen molar-refractivity contribution in [2.75, 3.05) is 5.73 Å². The molecule has 1 saturated carbocycles. The first kappa shape index (κ1) is 13.5. The van der Waals surface area contributed by atoms with Gasteiger partial charge in [0.2, 0.25) is 0 Å². The van der Waals surface area contributed by atoms with E-state index in [0.717, 1.165) is 21.3 Å². The van der Waals surface area contributed by atoms with Crippen LogP contribution in [0.1, 0.15) is 42.9 Å². The molecule has 0 aromatic carbocycles. The van der Waals surface area contributed by atoms with Crippen molar-refractivity contribution in [3.63, 3.8) is 0 Å². The Morgan fingerprint density at radius 2 is 2.00 bits per heavy atom. The fourth-order valence-electron chi connectivity index (χ4n) is 2.77. The zero-order valence-corrected chi connectivity index (χ0v) is 13.0. The number of anilines is 1. The SMILES string of the molecule is Cc1ccncc1-c1nc(N)c(Br)c(C2CCCC2)n1. The molecule has 1 fully saturated rings. The minimum atomic E-state index is 0.491. The number of nitrogens with two attached hydrogens (primary N) is 1. The second-order valence-corrected chi connectivity index (χ2v) is 6.10. The van der Waals surface area contributed by atoms with Crippen LogP contribution in [-0.4, -0.2) is 15.0 Å². The highest BCUT2D eigenvalue weighted by molar-refractivity contribution is 9.10. The maximum Gasteiger partial charge on any atom is 0.163 e. The summed E-state index contributed by atoms with van der Waals surface area (Å²) in [6, 6.07) is 1.96. The van der Waals surface area contributed by atoms with Gasteiger partial charge in [0.1, 0.15) is 5.82 Å². The van der Waals surface area contributed by atoms with Gasteiger partial charge in [0, 0.05) is 23.9 Å². The molecule has 2 heterocycles. The molecule has 4 nitrogen and oxygen atoms in total. The molecule has 0 amide bonds. The predicted molar refractivity (Wildman–Crippen MR) is 83.3 cm³/mol. The van der Waals surface area contributed by atoms with Gasteiger partial charge in [0.25, 0.3) is 0 Å². The molecule has 2 aromatic heterocycles. The van der Waals surface area contributed by atoms with Gasteiger partial charge in [-0.3, -0.25) is 4.98 Å². The van der Waals surface area contributed by atoms with E-state index in [4.69, 9.17) is 10.7 Å². The van der Waals surface area contributed by atoms with E-state index in [0.29, 0.717) is 17.6 Å². The molecule has 0 spiro atoms. The van der Waals surface area contributed by atoms with Crippen LogP contribution in [0.15, 0.2) is 22.9 Å². The second-order valence-electron chi connectivity index (χ2n) is 5.30. The highest BCUT2D eigenvalue weighted by Gasteiger charge is 2.23. The number of hydrogen-bond acceptors (Lipinski definition) is 4. The summed E-state index contributed by atoms with van der Waals surface area (Å²) in [7, 11) is 0. The Hall–Kier alpha value is -1.49. The molecule has 20 heavy (non-hydrogen) atoms. The van der Waals surface area contributed by atoms with E-state index in [1.165, 1.54) is 25.7 Å². The highest BCUT2D eigenvalue weighted by atomic mass is 79.9. The number of pyridine rings is 1. The van der Waals surface area contributed by atoms with Crippen molar-refractivity contribution in [3.05, 3.63) is 34.2 Å². The third kappa shape index (κ3) is 2.42. The van der Waals surface area contributed by atoms with Crippen LogP contribution in [0.4, 0.5) is 5.82 Å². The average molecular weight is 333 g/mol. The van der Waals surface area contributed by atoms with E-state index >= 15 is 0 Å². The maximum atomic E-state index is 6.06. The van der Waals surface area contributed by atoms with Gasteiger partial charge in [0.15, 0.2) is 5.82 Å². The van der Waals surface area contributed by atoms with Crippen LogP contribution in [-0.2, 0) is 0 Å². The Bertz CT molecular complexity index is 636. The van der Waals surface area contributed by atoms with E-state index < -0.39 is 0 Å². The van der Waals surface area contributed by atoms with Crippen molar-refractivity contribution < 1.29 is 0 Å². The molecule has 2 aromatic rings. The Morgan fingerprint density at radius 1 is 1.25 bits per heavy atom. The first-order chi connectivity index (χ1) is 9.66. The third-order valence-corrected chi connectivity index (χ3v) is 4.74. The minimum Gasteiger partial charge on any atom is -0.383 e. The maximum absolute atomic E-state index is 6.06. The summed E-state index contributed by atoms with van der Waals surface area (Å²) in [5.41, 5.74) is 9.17. The zero-order chi connectivity index (χ0) is 14.1. The quantitative estimate of drug-likeness (QED) is 0.907. The standard InChI is InChI=1S/C15H17BrN4/c1-9-6-7-18-8-11(9)15-19-13(10-4-2-3-5-10)12(16)14(17)20-15/h6-8,10H,2-5H2,1H3,(H2,17,19,20). The fourth-order valence-corrected chi connectivity index (χ4v) is 3.27. The zero-order valence-electron chi connectivity index (χ0n) is 11.4. The van der Waals surface area contributed by atoms with E-state index in [1.54, 1.807) is 12.4 Å². The van der Waals surface area contributed by atoms with E-state index in [-0.39, 0.29) is 0 Å². The fraction of sp³-hybridized carbons (Fsp3) is 0.400. The van der Waals surface area contributed by atoms with E-state index in [1.807, 2.05) is 13.0 Å². The largest absolute Gasteiger partial charge is 0.383 e. The van der Waals surface area contributed by atoms with Gasteiger partial charge in [-0.2, -0.15) is 0 Å². The van der Waals surface area contributed by atoms with Crippen LogP contribution in [0.2, 0.25) is 0 Å². The van der Waals surface area contributed by atoms with Crippen molar-refractivity contribution in [1.82, 2.24) is 15.0 Å². The third-order valence-electron chi connectivity index (χ3n) is 3.92. The lowest BCUT2D eigenvalue weighted by Crippen LogP contribution is -2.06. The number of aromatic nitrogens is 3. The molecule has 1 aliphatic rings. The number of hydrogen-bond donors (Lipinski definition) is 1. The molecule has 0 saturated heterocycles. The van der Waals surface area contributed by atoms with Gasteiger partial charge in [-0.1, -0.05) is 12.8 Å². The topological polar surface area (TPSA) is 64.7 Å². The van der Waals surface area contributed by atoms with Crippen LogP contribution in [0.25, 0.3) is 11.4 Å². The van der Waals surface area contributed by atoms with E-state index in [2.05, 4.69) is 25.9 Å². The summed E-state index contributed by atoms with van der Waals surface area (Å²) in [6.45, 7) is 2.04. The summed E-state index contributed by atoms with van der Waals surface area (Å²) < 4.78 is 0.856. The molecule has 5 heteroatoms. The van der Waals surface area contributed by atoms with E-state index in [9.17, 15) is 0 Å². The van der Waals surface area contributed by atoms with Gasteiger partial charge >= 0.3 is 0 Å². The first-order valence-electron chi connectivity index (χ1n) is 6.90. The smallest absolute Gasteiger partial charge is 0.163 e. The summed E-state index contributed by atoms with van der Waals surface area (Å²) in [5.74, 6) is 1.68. The molecule has 0 aliphatic heterocycles. The molecule has 104 valence electrons. The Balaban J connectivity index is 2.11. The first-order valence-corrected chi connectivity index (χ1v) is 7.70. The normalized spacial score (nSPS) is 15.7. The van der Waals surface area contributed by atoms with Crippen molar-refractivity contribution in [3.8, 4) is 11.4 Å². The molecule has 0 bridgehead atoms. The number of halogens is 1. The van der Waals surface area contributed by atoms with Gasteiger partial charge in [-0.25, -0.2) is 9.97 Å². The number of nitrogens with zero attached hydrogens (tertiary/aromatic N) is 3. The van der Waals surface area contributed by atoms with Crippen molar-refractivity contribution in [1.29, 1.82) is 0 Å². The van der Waals surface area contributed by atoms with Crippen molar-refractivity contribution in [2.24, 2.45) is 0 Å². The van der Waals surface area contributed by atoms with Gasteiger partial charge in [-0.05, 0) is 47.3 Å². The number of aryl methyl sites for hydroxylation is 1. The van der Waals surface area contributed by atoms with Crippen molar-refractivity contribution in [2.45, 2.75) is 38.5 Å². The lowest BCUT2D eigenvalue weighted by atomic mass is 10.0. The predicted octanol–water partition coefficient (Wildman–Crippen LogP) is 3.85. The van der Waals surface area contributed by atoms with Crippen molar-refractivity contribution >= 4 is 21.7 Å². The average Bonchev–Trinajstić information content (AvgIpc) is 2.96. The molecule has 0 radical (unpaired) electrons. The van der Waals surface area contributed by atoms with Gasteiger partial charge < -0.3 is 5.73 Å². The Kier molecular flexibility index (Phi) is 3.70. The monoisotopic (exact) mass is 332 g/mol. The summed E-state index contributed by atoms with van der Waals surface area (Å²) in [6.07, 6.45) is 8.47. The molecule has 2 N–H and O–H groups in total. The molecular weight excluding hydrogens is 316 g/mol. The van der Waals surface area contributed by atoms with Gasteiger partial charge in [0.05, 0.1) is 10.2 Å². The lowest BCUT2D eigenvalue weighted by Gasteiger charge is -2.14. The van der Waals surface area contributed by atoms with Crippen LogP contribution in [0.5, 0.6) is 0 Å². The molecule has 0 unspecified atom stereocenters.